The zero-order chi connectivity index (χ0) is 17.8. The van der Waals surface area contributed by atoms with Crippen molar-refractivity contribution >= 4 is 11.9 Å². The summed E-state index contributed by atoms with van der Waals surface area (Å²) in [6, 6.07) is 9.72. The van der Waals surface area contributed by atoms with E-state index in [1.807, 2.05) is 37.3 Å². The molecule has 3 rings (SSSR count). The number of nitrogens with zero attached hydrogens (tertiary/aromatic N) is 3. The number of piperidine rings is 1. The van der Waals surface area contributed by atoms with Gasteiger partial charge in [-0.2, -0.15) is 5.10 Å². The fourth-order valence-corrected chi connectivity index (χ4v) is 3.23. The molecule has 1 saturated heterocycles. The quantitative estimate of drug-likeness (QED) is 0.802. The van der Waals surface area contributed by atoms with Gasteiger partial charge in [-0.05, 0) is 38.8 Å². The van der Waals surface area contributed by atoms with Crippen LogP contribution in [-0.2, 0) is 9.53 Å². The Kier molecular flexibility index (Phi) is 5.16. The van der Waals surface area contributed by atoms with Crippen LogP contribution in [0.1, 0.15) is 35.8 Å². The molecule has 1 aliphatic heterocycles. The summed E-state index contributed by atoms with van der Waals surface area (Å²) >= 11 is 0. The maximum atomic E-state index is 12.9. The van der Waals surface area contributed by atoms with Gasteiger partial charge in [-0.3, -0.25) is 9.59 Å². The third-order valence-corrected chi connectivity index (χ3v) is 4.57. The number of amides is 1. The van der Waals surface area contributed by atoms with Crippen molar-refractivity contribution in [1.29, 1.82) is 0 Å². The largest absolute Gasteiger partial charge is 0.466 e. The predicted molar refractivity (Wildman–Crippen MR) is 93.6 cm³/mol. The van der Waals surface area contributed by atoms with Gasteiger partial charge in [0, 0.05) is 13.1 Å². The SMILES string of the molecule is CCOC(=O)C1CCCN(C(=O)c2cnn(-c3ccccc3)c2C)C1. The van der Waals surface area contributed by atoms with Crippen LogP contribution in [0.4, 0.5) is 0 Å². The zero-order valence-corrected chi connectivity index (χ0v) is 14.6. The Labute approximate surface area is 147 Å². The highest BCUT2D eigenvalue weighted by atomic mass is 16.5. The maximum absolute atomic E-state index is 12.9. The molecule has 2 aromatic rings. The van der Waals surface area contributed by atoms with Crippen LogP contribution in [0.2, 0.25) is 0 Å². The Balaban J connectivity index is 1.77. The number of ether oxygens (including phenoxy) is 1. The molecular formula is C19H23N3O3. The lowest BCUT2D eigenvalue weighted by Gasteiger charge is -2.31. The van der Waals surface area contributed by atoms with Crippen molar-refractivity contribution in [2.24, 2.45) is 5.92 Å². The van der Waals surface area contributed by atoms with Crippen LogP contribution in [0.5, 0.6) is 0 Å². The maximum Gasteiger partial charge on any atom is 0.310 e. The molecule has 6 heteroatoms. The first-order valence-electron chi connectivity index (χ1n) is 8.67. The molecule has 25 heavy (non-hydrogen) atoms. The van der Waals surface area contributed by atoms with Crippen LogP contribution >= 0.6 is 0 Å². The second-order valence-electron chi connectivity index (χ2n) is 6.23. The van der Waals surface area contributed by atoms with Gasteiger partial charge in [0.15, 0.2) is 0 Å². The Hall–Kier alpha value is -2.63. The van der Waals surface area contributed by atoms with Crippen molar-refractivity contribution in [2.45, 2.75) is 26.7 Å². The minimum absolute atomic E-state index is 0.0753. The van der Waals surface area contributed by atoms with Crippen molar-refractivity contribution in [3.05, 3.63) is 47.8 Å². The van der Waals surface area contributed by atoms with Crippen LogP contribution in [0.15, 0.2) is 36.5 Å². The summed E-state index contributed by atoms with van der Waals surface area (Å²) in [5.74, 6) is -0.521. The lowest BCUT2D eigenvalue weighted by Crippen LogP contribution is -2.43. The van der Waals surface area contributed by atoms with Gasteiger partial charge in [-0.1, -0.05) is 18.2 Å². The van der Waals surface area contributed by atoms with Gasteiger partial charge >= 0.3 is 5.97 Å². The number of rotatable bonds is 4. The minimum atomic E-state index is -0.234. The molecule has 1 aromatic carbocycles. The number of carbonyl (C=O) groups is 2. The molecule has 0 aliphatic carbocycles. The topological polar surface area (TPSA) is 64.4 Å². The fourth-order valence-electron chi connectivity index (χ4n) is 3.23. The first-order valence-corrected chi connectivity index (χ1v) is 8.67. The Morgan fingerprint density at radius 2 is 2.04 bits per heavy atom. The van der Waals surface area contributed by atoms with Crippen LogP contribution in [-0.4, -0.2) is 46.3 Å². The van der Waals surface area contributed by atoms with E-state index in [0.29, 0.717) is 25.3 Å². The van der Waals surface area contributed by atoms with Gasteiger partial charge in [0.1, 0.15) is 0 Å². The monoisotopic (exact) mass is 341 g/mol. The third-order valence-electron chi connectivity index (χ3n) is 4.57. The van der Waals surface area contributed by atoms with E-state index >= 15 is 0 Å². The number of para-hydroxylation sites is 1. The molecule has 0 N–H and O–H groups in total. The van der Waals surface area contributed by atoms with Crippen molar-refractivity contribution in [3.63, 3.8) is 0 Å². The lowest BCUT2D eigenvalue weighted by atomic mass is 9.97. The normalized spacial score (nSPS) is 17.4. The Bertz CT molecular complexity index is 755. The molecule has 0 spiro atoms. The number of likely N-dealkylation sites (tertiary alicyclic amines) is 1. The number of carbonyl (C=O) groups excluding carboxylic acids is 2. The molecule has 132 valence electrons. The molecule has 1 aliphatic rings. The van der Waals surface area contributed by atoms with Crippen molar-refractivity contribution in [3.8, 4) is 5.69 Å². The average Bonchev–Trinajstić information content (AvgIpc) is 3.03. The molecule has 0 saturated carbocycles. The lowest BCUT2D eigenvalue weighted by molar-refractivity contribution is -0.149. The van der Waals surface area contributed by atoms with E-state index in [0.717, 1.165) is 24.2 Å². The number of benzene rings is 1. The third kappa shape index (κ3) is 3.57. The standard InChI is InChI=1S/C19H23N3O3/c1-3-25-19(24)15-8-7-11-21(13-15)18(23)17-12-20-22(14(17)2)16-9-5-4-6-10-16/h4-6,9-10,12,15H,3,7-8,11,13H2,1-2H3. The molecule has 6 nitrogen and oxygen atoms in total. The van der Waals surface area contributed by atoms with E-state index in [2.05, 4.69) is 5.10 Å². The highest BCUT2D eigenvalue weighted by molar-refractivity contribution is 5.95. The van der Waals surface area contributed by atoms with Gasteiger partial charge in [-0.25, -0.2) is 4.68 Å². The van der Waals surface area contributed by atoms with Gasteiger partial charge in [0.05, 0.1) is 35.7 Å². The summed E-state index contributed by atoms with van der Waals surface area (Å²) < 4.78 is 6.87. The number of hydrogen-bond acceptors (Lipinski definition) is 4. The first-order chi connectivity index (χ1) is 12.1. The van der Waals surface area contributed by atoms with E-state index in [4.69, 9.17) is 4.74 Å². The molecule has 1 unspecified atom stereocenters. The van der Waals surface area contributed by atoms with E-state index in [9.17, 15) is 9.59 Å². The highest BCUT2D eigenvalue weighted by Gasteiger charge is 2.31. The number of hydrogen-bond donors (Lipinski definition) is 0. The second kappa shape index (κ2) is 7.51. The summed E-state index contributed by atoms with van der Waals surface area (Å²) in [5, 5.41) is 4.36. The van der Waals surface area contributed by atoms with Gasteiger partial charge in [0.25, 0.3) is 5.91 Å². The molecule has 1 atom stereocenters. The minimum Gasteiger partial charge on any atom is -0.466 e. The van der Waals surface area contributed by atoms with Gasteiger partial charge in [0.2, 0.25) is 0 Å². The van der Waals surface area contributed by atoms with E-state index in [-0.39, 0.29) is 17.8 Å². The van der Waals surface area contributed by atoms with Crippen molar-refractivity contribution in [1.82, 2.24) is 14.7 Å². The second-order valence-corrected chi connectivity index (χ2v) is 6.23. The predicted octanol–water partition coefficient (Wildman–Crippen LogP) is 2.60. The molecule has 0 bridgehead atoms. The summed E-state index contributed by atoms with van der Waals surface area (Å²) in [5.41, 5.74) is 2.30. The van der Waals surface area contributed by atoms with Crippen molar-refractivity contribution < 1.29 is 14.3 Å². The average molecular weight is 341 g/mol. The molecule has 0 radical (unpaired) electrons. The van der Waals surface area contributed by atoms with E-state index < -0.39 is 0 Å². The summed E-state index contributed by atoms with van der Waals surface area (Å²) in [6.45, 7) is 5.12. The highest BCUT2D eigenvalue weighted by Crippen LogP contribution is 2.22. The van der Waals surface area contributed by atoms with E-state index in [1.54, 1.807) is 22.7 Å². The number of esters is 1. The smallest absolute Gasteiger partial charge is 0.310 e. The fraction of sp³-hybridized carbons (Fsp3) is 0.421. The Morgan fingerprint density at radius 1 is 1.28 bits per heavy atom. The van der Waals surface area contributed by atoms with Gasteiger partial charge in [-0.15, -0.1) is 0 Å². The summed E-state index contributed by atoms with van der Waals surface area (Å²) in [7, 11) is 0. The van der Waals surface area contributed by atoms with Crippen LogP contribution in [0.3, 0.4) is 0 Å². The Morgan fingerprint density at radius 3 is 2.76 bits per heavy atom. The van der Waals surface area contributed by atoms with E-state index in [1.165, 1.54) is 0 Å². The summed E-state index contributed by atoms with van der Waals surface area (Å²) in [6.07, 6.45) is 3.19. The molecular weight excluding hydrogens is 318 g/mol. The molecule has 1 fully saturated rings. The molecule has 1 aromatic heterocycles. The van der Waals surface area contributed by atoms with Gasteiger partial charge < -0.3 is 9.64 Å². The zero-order valence-electron chi connectivity index (χ0n) is 14.6. The first kappa shape index (κ1) is 17.2. The number of aromatic nitrogens is 2. The molecule has 2 heterocycles. The van der Waals surface area contributed by atoms with Crippen LogP contribution in [0, 0.1) is 12.8 Å². The summed E-state index contributed by atoms with van der Waals surface area (Å²) in [4.78, 5) is 26.6. The molecule has 1 amide bonds. The van der Waals surface area contributed by atoms with Crippen LogP contribution in [0.25, 0.3) is 5.69 Å². The van der Waals surface area contributed by atoms with Crippen LogP contribution < -0.4 is 0 Å². The van der Waals surface area contributed by atoms with Crippen molar-refractivity contribution in [2.75, 3.05) is 19.7 Å².